The number of nitrogens with zero attached hydrogens (tertiary/aromatic N) is 5. The van der Waals surface area contributed by atoms with E-state index in [0.717, 1.165) is 38.4 Å². The summed E-state index contributed by atoms with van der Waals surface area (Å²) < 4.78 is 10.5. The molecule has 1 fully saturated rings. The van der Waals surface area contributed by atoms with Gasteiger partial charge in [0.25, 0.3) is 0 Å². The van der Waals surface area contributed by atoms with Gasteiger partial charge in [0.05, 0.1) is 19.9 Å². The summed E-state index contributed by atoms with van der Waals surface area (Å²) >= 11 is 12.8. The van der Waals surface area contributed by atoms with Crippen molar-refractivity contribution < 1.29 is 14.3 Å². The lowest BCUT2D eigenvalue weighted by Crippen LogP contribution is -2.46. The highest BCUT2D eigenvalue weighted by molar-refractivity contribution is 6.41. The van der Waals surface area contributed by atoms with Crippen LogP contribution in [0.25, 0.3) is 0 Å². The average Bonchev–Trinajstić information content (AvgIpc) is 2.95. The Morgan fingerprint density at radius 1 is 1.00 bits per heavy atom. The lowest BCUT2D eigenvalue weighted by atomic mass is 10.2. The summed E-state index contributed by atoms with van der Waals surface area (Å²) in [7, 11) is 4.50. The molecule has 39 heavy (non-hydrogen) atoms. The summed E-state index contributed by atoms with van der Waals surface area (Å²) in [6.45, 7) is 7.47. The van der Waals surface area contributed by atoms with Crippen molar-refractivity contribution in [3.63, 3.8) is 0 Å². The van der Waals surface area contributed by atoms with Gasteiger partial charge in [-0.05, 0) is 30.8 Å². The molecule has 1 aliphatic rings. The van der Waals surface area contributed by atoms with Crippen molar-refractivity contribution in [1.29, 1.82) is 0 Å². The molecule has 1 saturated heterocycles. The summed E-state index contributed by atoms with van der Waals surface area (Å²) in [6.07, 6.45) is 1.39. The second-order valence-electron chi connectivity index (χ2n) is 8.63. The molecule has 2 N–H and O–H groups in total. The topological polar surface area (TPSA) is 95.1 Å². The van der Waals surface area contributed by atoms with E-state index < -0.39 is 6.03 Å². The Labute approximate surface area is 244 Å². The molecule has 13 heteroatoms. The first-order valence-electron chi connectivity index (χ1n) is 12.2. The largest absolute Gasteiger partial charge is 0.495 e. The Hall–Kier alpha value is -3.18. The molecule has 0 radical (unpaired) electrons. The number of nitrogens with one attached hydrogen (secondary N) is 2. The van der Waals surface area contributed by atoms with E-state index in [0.29, 0.717) is 23.1 Å². The van der Waals surface area contributed by atoms with E-state index in [4.69, 9.17) is 32.7 Å². The molecule has 0 aliphatic carbocycles. The fourth-order valence-electron chi connectivity index (χ4n) is 4.11. The van der Waals surface area contributed by atoms with Crippen LogP contribution in [0.15, 0.2) is 42.7 Å². The summed E-state index contributed by atoms with van der Waals surface area (Å²) in [6, 6.07) is 10.9. The van der Waals surface area contributed by atoms with Gasteiger partial charge in [0.2, 0.25) is 0 Å². The lowest BCUT2D eigenvalue weighted by Gasteiger charge is -2.35. The summed E-state index contributed by atoms with van der Waals surface area (Å²) in [5.41, 5.74) is 2.24. The molecular formula is C26H32Cl3N7O3. The number of methoxy groups -OCH3 is 2. The number of urea groups is 1. The third kappa shape index (κ3) is 7.07. The van der Waals surface area contributed by atoms with Gasteiger partial charge in [-0.25, -0.2) is 14.8 Å². The van der Waals surface area contributed by atoms with E-state index >= 15 is 0 Å². The maximum atomic E-state index is 13.0. The number of carbonyl (C=O) groups excluding carboxylic acids is 1. The van der Waals surface area contributed by atoms with Crippen LogP contribution in [-0.2, 0) is 0 Å². The van der Waals surface area contributed by atoms with Crippen LogP contribution in [0, 0.1) is 0 Å². The maximum absolute atomic E-state index is 13.0. The molecular weight excluding hydrogens is 565 g/mol. The number of ether oxygens (including phenoxy) is 2. The van der Waals surface area contributed by atoms with Gasteiger partial charge in [-0.2, -0.15) is 0 Å². The van der Waals surface area contributed by atoms with Crippen molar-refractivity contribution in [2.75, 3.05) is 74.4 Å². The zero-order valence-electron chi connectivity index (χ0n) is 22.2. The monoisotopic (exact) mass is 595 g/mol. The number of halogens is 3. The smallest absolute Gasteiger partial charge is 0.327 e. The SMILES string of the molecule is CCN1CCN(c2ccc(Nc3cc(N(C)C(=O)Nc4c(Cl)c(OC)cc(OC)c4Cl)ncn3)cc2)CC1.Cl. The van der Waals surface area contributed by atoms with Crippen LogP contribution in [0.2, 0.25) is 10.0 Å². The van der Waals surface area contributed by atoms with Gasteiger partial charge in [0.15, 0.2) is 0 Å². The van der Waals surface area contributed by atoms with E-state index in [1.807, 2.05) is 12.1 Å². The highest BCUT2D eigenvalue weighted by Crippen LogP contribution is 2.44. The van der Waals surface area contributed by atoms with E-state index in [1.54, 1.807) is 19.2 Å². The number of piperazine rings is 1. The molecule has 2 heterocycles. The summed E-state index contributed by atoms with van der Waals surface area (Å²) in [5.74, 6) is 1.54. The molecule has 2 aromatic carbocycles. The Kier molecular flexibility index (Phi) is 10.7. The van der Waals surface area contributed by atoms with E-state index in [2.05, 4.69) is 49.5 Å². The molecule has 210 valence electrons. The standard InChI is InChI=1S/C26H31Cl2N7O3.ClH/c1-5-34-10-12-35(13-11-34)18-8-6-17(7-9-18)31-21-15-22(30-16-29-21)33(2)26(36)32-25-23(27)19(37-3)14-20(38-4)24(25)28;/h6-9,14-16H,5,10-13H2,1-4H3,(H,32,36)(H,29,30,31);1H. The Balaban J connectivity index is 0.00000420. The number of carbonyl (C=O) groups is 1. The van der Waals surface area contributed by atoms with Gasteiger partial charge < -0.3 is 29.9 Å². The number of likely N-dealkylation sites (N-methyl/N-ethyl adjacent to an activating group) is 1. The third-order valence-electron chi connectivity index (χ3n) is 6.43. The number of anilines is 5. The first-order chi connectivity index (χ1) is 18.3. The minimum Gasteiger partial charge on any atom is -0.495 e. The zero-order valence-corrected chi connectivity index (χ0v) is 24.5. The van der Waals surface area contributed by atoms with Crippen molar-refractivity contribution in [2.24, 2.45) is 0 Å². The number of hydrogen-bond donors (Lipinski definition) is 2. The number of rotatable bonds is 8. The van der Waals surface area contributed by atoms with Gasteiger partial charge in [-0.3, -0.25) is 4.90 Å². The second-order valence-corrected chi connectivity index (χ2v) is 9.38. The Morgan fingerprint density at radius 2 is 1.62 bits per heavy atom. The Morgan fingerprint density at radius 3 is 2.18 bits per heavy atom. The predicted molar refractivity (Wildman–Crippen MR) is 160 cm³/mol. The third-order valence-corrected chi connectivity index (χ3v) is 7.18. The fourth-order valence-corrected chi connectivity index (χ4v) is 4.71. The van der Waals surface area contributed by atoms with Gasteiger partial charge in [0.1, 0.15) is 39.5 Å². The molecule has 0 atom stereocenters. The molecule has 4 rings (SSSR count). The van der Waals surface area contributed by atoms with E-state index in [-0.39, 0.29) is 28.1 Å². The van der Waals surface area contributed by atoms with E-state index in [1.165, 1.54) is 31.1 Å². The highest BCUT2D eigenvalue weighted by atomic mass is 35.5. The highest BCUT2D eigenvalue weighted by Gasteiger charge is 2.22. The zero-order chi connectivity index (χ0) is 27.2. The second kappa shape index (κ2) is 13.7. The van der Waals surface area contributed by atoms with Crippen LogP contribution in [0.1, 0.15) is 6.92 Å². The maximum Gasteiger partial charge on any atom is 0.327 e. The van der Waals surface area contributed by atoms with Crippen LogP contribution in [0.4, 0.5) is 33.5 Å². The number of aromatic nitrogens is 2. The number of amides is 2. The number of benzene rings is 2. The first-order valence-corrected chi connectivity index (χ1v) is 12.9. The van der Waals surface area contributed by atoms with Crippen molar-refractivity contribution in [3.05, 3.63) is 52.8 Å². The van der Waals surface area contributed by atoms with Crippen LogP contribution < -0.4 is 29.9 Å². The lowest BCUT2D eigenvalue weighted by molar-refractivity contribution is 0.258. The molecule has 10 nitrogen and oxygen atoms in total. The molecule has 0 saturated carbocycles. The normalized spacial score (nSPS) is 13.3. The summed E-state index contributed by atoms with van der Waals surface area (Å²) in [5, 5.41) is 6.29. The van der Waals surface area contributed by atoms with Gasteiger partial charge in [-0.1, -0.05) is 30.1 Å². The number of hydrogen-bond acceptors (Lipinski definition) is 8. The van der Waals surface area contributed by atoms with Crippen molar-refractivity contribution >= 4 is 70.3 Å². The minimum atomic E-state index is -0.513. The van der Waals surface area contributed by atoms with Gasteiger partial charge in [-0.15, -0.1) is 12.4 Å². The van der Waals surface area contributed by atoms with Crippen LogP contribution in [-0.4, -0.2) is 74.9 Å². The molecule has 2 amide bonds. The summed E-state index contributed by atoms with van der Waals surface area (Å²) in [4.78, 5) is 27.7. The van der Waals surface area contributed by atoms with Crippen molar-refractivity contribution in [3.8, 4) is 11.5 Å². The van der Waals surface area contributed by atoms with Gasteiger partial charge in [0, 0.05) is 56.7 Å². The molecule has 1 aliphatic heterocycles. The average molecular weight is 597 g/mol. The van der Waals surface area contributed by atoms with Gasteiger partial charge >= 0.3 is 6.03 Å². The molecule has 0 bridgehead atoms. The van der Waals surface area contributed by atoms with E-state index in [9.17, 15) is 4.79 Å². The fraction of sp³-hybridized carbons (Fsp3) is 0.346. The van der Waals surface area contributed by atoms with Crippen LogP contribution in [0.3, 0.4) is 0 Å². The molecule has 0 spiro atoms. The minimum absolute atomic E-state index is 0. The van der Waals surface area contributed by atoms with Crippen LogP contribution in [0.5, 0.6) is 11.5 Å². The molecule has 0 unspecified atom stereocenters. The first kappa shape index (κ1) is 30.4. The Bertz CT molecular complexity index is 1240. The quantitative estimate of drug-likeness (QED) is 0.338. The van der Waals surface area contributed by atoms with Crippen molar-refractivity contribution in [1.82, 2.24) is 14.9 Å². The molecule has 3 aromatic rings. The van der Waals surface area contributed by atoms with Crippen LogP contribution >= 0.6 is 35.6 Å². The predicted octanol–water partition coefficient (Wildman–Crippen LogP) is 5.78. The van der Waals surface area contributed by atoms with Crippen molar-refractivity contribution in [2.45, 2.75) is 6.92 Å². The molecule has 1 aromatic heterocycles.